The van der Waals surface area contributed by atoms with Crippen LogP contribution >= 0.6 is 11.6 Å². The Bertz CT molecular complexity index is 1110. The number of halogens is 1. The molecule has 1 fully saturated rings. The number of hydrogen-bond donors (Lipinski definition) is 2. The lowest BCUT2D eigenvalue weighted by atomic mass is 10.0. The van der Waals surface area contributed by atoms with E-state index in [9.17, 15) is 9.59 Å². The van der Waals surface area contributed by atoms with Gasteiger partial charge < -0.3 is 15.0 Å². The van der Waals surface area contributed by atoms with Crippen LogP contribution in [0.3, 0.4) is 0 Å². The number of amides is 1. The van der Waals surface area contributed by atoms with Gasteiger partial charge in [-0.25, -0.2) is 4.98 Å². The largest absolute Gasteiger partial charge is 0.496 e. The van der Waals surface area contributed by atoms with Gasteiger partial charge in [0.2, 0.25) is 0 Å². The van der Waals surface area contributed by atoms with Gasteiger partial charge in [-0.3, -0.25) is 9.59 Å². The summed E-state index contributed by atoms with van der Waals surface area (Å²) in [7, 11) is 1.51. The minimum atomic E-state index is -0.372. The Hall–Kier alpha value is -3.12. The molecule has 1 aliphatic rings. The summed E-state index contributed by atoms with van der Waals surface area (Å²) in [6.45, 7) is 0. The van der Waals surface area contributed by atoms with Gasteiger partial charge in [0.05, 0.1) is 24.4 Å². The van der Waals surface area contributed by atoms with Gasteiger partial charge >= 0.3 is 0 Å². The first-order chi connectivity index (χ1) is 14.5. The van der Waals surface area contributed by atoms with Crippen LogP contribution < -0.4 is 15.6 Å². The van der Waals surface area contributed by atoms with Gasteiger partial charge in [-0.15, -0.1) is 0 Å². The second-order valence-electron chi connectivity index (χ2n) is 7.38. The summed E-state index contributed by atoms with van der Waals surface area (Å²) in [4.78, 5) is 32.6. The SMILES string of the molecule is COc1ccc(Cl)cc1C(=O)N[C@@H](Cc1cc(=O)[nH]c(C2CC2)n1)c1ccccc1. The van der Waals surface area contributed by atoms with E-state index in [1.54, 1.807) is 18.2 Å². The Morgan fingerprint density at radius 2 is 2.00 bits per heavy atom. The molecule has 1 amide bonds. The lowest BCUT2D eigenvalue weighted by molar-refractivity contribution is 0.0933. The molecule has 0 saturated heterocycles. The smallest absolute Gasteiger partial charge is 0.255 e. The standard InChI is InChI=1S/C23H22ClN3O3/c1-30-20-10-9-16(24)11-18(20)23(29)26-19(14-5-3-2-4-6-14)12-17-13-21(28)27-22(25-17)15-7-8-15/h2-6,9-11,13,15,19H,7-8,12H2,1H3,(H,26,29)(H,25,27,28)/t19-/m0/s1. The Morgan fingerprint density at radius 3 is 2.70 bits per heavy atom. The second-order valence-corrected chi connectivity index (χ2v) is 7.82. The Balaban J connectivity index is 1.64. The van der Waals surface area contributed by atoms with Crippen molar-refractivity contribution in [1.82, 2.24) is 15.3 Å². The van der Waals surface area contributed by atoms with E-state index in [0.29, 0.717) is 34.4 Å². The van der Waals surface area contributed by atoms with Crippen LogP contribution in [0.4, 0.5) is 0 Å². The molecule has 0 unspecified atom stereocenters. The summed E-state index contributed by atoms with van der Waals surface area (Å²) in [5, 5.41) is 3.50. The molecular weight excluding hydrogens is 402 g/mol. The van der Waals surface area contributed by atoms with Gasteiger partial charge in [-0.1, -0.05) is 41.9 Å². The lowest BCUT2D eigenvalue weighted by Gasteiger charge is -2.20. The van der Waals surface area contributed by atoms with E-state index in [-0.39, 0.29) is 17.5 Å². The van der Waals surface area contributed by atoms with E-state index in [1.807, 2.05) is 30.3 Å². The predicted octanol–water partition coefficient (Wildman–Crippen LogP) is 4.02. The molecule has 0 spiro atoms. The average molecular weight is 424 g/mol. The molecule has 0 aliphatic heterocycles. The molecule has 6 nitrogen and oxygen atoms in total. The molecule has 1 aromatic heterocycles. The van der Waals surface area contributed by atoms with Crippen molar-refractivity contribution in [2.24, 2.45) is 0 Å². The van der Waals surface area contributed by atoms with Crippen LogP contribution in [0.1, 0.15) is 52.2 Å². The van der Waals surface area contributed by atoms with Crippen LogP contribution in [-0.2, 0) is 6.42 Å². The third kappa shape index (κ3) is 4.71. The van der Waals surface area contributed by atoms with Crippen molar-refractivity contribution < 1.29 is 9.53 Å². The van der Waals surface area contributed by atoms with Crippen LogP contribution in [0.25, 0.3) is 0 Å². The van der Waals surface area contributed by atoms with Crippen molar-refractivity contribution in [1.29, 1.82) is 0 Å². The fourth-order valence-corrected chi connectivity index (χ4v) is 3.60. The highest BCUT2D eigenvalue weighted by Gasteiger charge is 2.27. The van der Waals surface area contributed by atoms with E-state index in [1.165, 1.54) is 13.2 Å². The molecule has 2 aromatic carbocycles. The number of rotatable bonds is 7. The van der Waals surface area contributed by atoms with E-state index in [0.717, 1.165) is 24.2 Å². The van der Waals surface area contributed by atoms with E-state index in [4.69, 9.17) is 16.3 Å². The molecule has 1 heterocycles. The van der Waals surface area contributed by atoms with Crippen LogP contribution in [0.5, 0.6) is 5.75 Å². The number of aromatic amines is 1. The number of ether oxygens (including phenoxy) is 1. The average Bonchev–Trinajstić information content (AvgIpc) is 3.59. The highest BCUT2D eigenvalue weighted by molar-refractivity contribution is 6.31. The maximum atomic E-state index is 13.1. The van der Waals surface area contributed by atoms with Gasteiger partial charge in [0.15, 0.2) is 0 Å². The molecule has 1 atom stereocenters. The molecular formula is C23H22ClN3O3. The molecule has 4 rings (SSSR count). The zero-order valence-electron chi connectivity index (χ0n) is 16.5. The maximum absolute atomic E-state index is 13.1. The number of carbonyl (C=O) groups is 1. The molecule has 0 radical (unpaired) electrons. The minimum absolute atomic E-state index is 0.170. The first-order valence-electron chi connectivity index (χ1n) is 9.83. The van der Waals surface area contributed by atoms with Crippen molar-refractivity contribution in [3.63, 3.8) is 0 Å². The van der Waals surface area contributed by atoms with Crippen molar-refractivity contribution in [2.75, 3.05) is 7.11 Å². The quantitative estimate of drug-likeness (QED) is 0.601. The highest BCUT2D eigenvalue weighted by Crippen LogP contribution is 2.37. The molecule has 154 valence electrons. The van der Waals surface area contributed by atoms with Gasteiger partial charge in [0.1, 0.15) is 11.6 Å². The molecule has 0 bridgehead atoms. The predicted molar refractivity (Wildman–Crippen MR) is 115 cm³/mol. The molecule has 30 heavy (non-hydrogen) atoms. The molecule has 3 aromatic rings. The Kier molecular flexibility index (Phi) is 5.86. The van der Waals surface area contributed by atoms with Crippen LogP contribution in [0.2, 0.25) is 5.02 Å². The topological polar surface area (TPSA) is 84.1 Å². The van der Waals surface area contributed by atoms with Crippen molar-refractivity contribution in [3.05, 3.63) is 92.6 Å². The van der Waals surface area contributed by atoms with Crippen LogP contribution in [-0.4, -0.2) is 23.0 Å². The van der Waals surface area contributed by atoms with Crippen LogP contribution in [0, 0.1) is 0 Å². The number of nitrogens with one attached hydrogen (secondary N) is 2. The Labute approximate surface area is 179 Å². The zero-order chi connectivity index (χ0) is 21.1. The van der Waals surface area contributed by atoms with Crippen LogP contribution in [0.15, 0.2) is 59.4 Å². The number of methoxy groups -OCH3 is 1. The maximum Gasteiger partial charge on any atom is 0.255 e. The number of aromatic nitrogens is 2. The third-order valence-electron chi connectivity index (χ3n) is 5.10. The summed E-state index contributed by atoms with van der Waals surface area (Å²) in [6.07, 6.45) is 2.47. The highest BCUT2D eigenvalue weighted by atomic mass is 35.5. The third-order valence-corrected chi connectivity index (χ3v) is 5.34. The fraction of sp³-hybridized carbons (Fsp3) is 0.261. The molecule has 2 N–H and O–H groups in total. The molecule has 1 aliphatic carbocycles. The second kappa shape index (κ2) is 8.71. The Morgan fingerprint density at radius 1 is 1.23 bits per heavy atom. The first kappa shape index (κ1) is 20.2. The van der Waals surface area contributed by atoms with Gasteiger partial charge in [-0.05, 0) is 36.6 Å². The van der Waals surface area contributed by atoms with Crippen molar-refractivity contribution >= 4 is 17.5 Å². The normalized spacial score (nSPS) is 14.2. The number of benzene rings is 2. The number of H-pyrrole nitrogens is 1. The summed E-state index contributed by atoms with van der Waals surface area (Å²) in [6, 6.07) is 15.7. The summed E-state index contributed by atoms with van der Waals surface area (Å²) < 4.78 is 5.31. The zero-order valence-corrected chi connectivity index (χ0v) is 17.3. The minimum Gasteiger partial charge on any atom is -0.496 e. The molecule has 7 heteroatoms. The number of nitrogens with zero attached hydrogens (tertiary/aromatic N) is 1. The fourth-order valence-electron chi connectivity index (χ4n) is 3.42. The lowest BCUT2D eigenvalue weighted by Crippen LogP contribution is -2.31. The monoisotopic (exact) mass is 423 g/mol. The van der Waals surface area contributed by atoms with E-state index < -0.39 is 0 Å². The van der Waals surface area contributed by atoms with E-state index >= 15 is 0 Å². The van der Waals surface area contributed by atoms with Gasteiger partial charge in [-0.2, -0.15) is 0 Å². The van der Waals surface area contributed by atoms with Crippen molar-refractivity contribution in [2.45, 2.75) is 31.2 Å². The number of carbonyl (C=O) groups excluding carboxylic acids is 1. The molecule has 1 saturated carbocycles. The summed E-state index contributed by atoms with van der Waals surface area (Å²) >= 11 is 6.09. The van der Waals surface area contributed by atoms with Gasteiger partial charge in [0, 0.05) is 23.4 Å². The summed E-state index contributed by atoms with van der Waals surface area (Å²) in [5.74, 6) is 1.19. The summed E-state index contributed by atoms with van der Waals surface area (Å²) in [5.41, 5.74) is 1.75. The first-order valence-corrected chi connectivity index (χ1v) is 10.2. The van der Waals surface area contributed by atoms with Gasteiger partial charge in [0.25, 0.3) is 11.5 Å². The van der Waals surface area contributed by atoms with E-state index in [2.05, 4.69) is 15.3 Å². The van der Waals surface area contributed by atoms with Crippen molar-refractivity contribution in [3.8, 4) is 5.75 Å². The number of hydrogen-bond acceptors (Lipinski definition) is 4.